The Kier molecular flexibility index (Phi) is 2.52. The normalized spacial score (nSPS) is 10.8. The number of aromatic nitrogens is 3. The summed E-state index contributed by atoms with van der Waals surface area (Å²) in [5, 5.41) is 13.2. The summed E-state index contributed by atoms with van der Waals surface area (Å²) in [6, 6.07) is 9.37. The van der Waals surface area contributed by atoms with Crippen LogP contribution in [0.2, 0.25) is 0 Å². The molecule has 3 aromatic rings. The Morgan fingerprint density at radius 3 is 2.89 bits per heavy atom. The highest BCUT2D eigenvalue weighted by molar-refractivity contribution is 5.88. The van der Waals surface area contributed by atoms with Gasteiger partial charge in [-0.15, -0.1) is 0 Å². The van der Waals surface area contributed by atoms with E-state index in [9.17, 15) is 4.79 Å². The Bertz CT molecular complexity index is 777. The quantitative estimate of drug-likeness (QED) is 0.761. The van der Waals surface area contributed by atoms with E-state index >= 15 is 0 Å². The van der Waals surface area contributed by atoms with Crippen LogP contribution in [0.5, 0.6) is 0 Å². The monoisotopic (exact) mass is 253 g/mol. The number of rotatable bonds is 2. The van der Waals surface area contributed by atoms with E-state index < -0.39 is 5.97 Å². The summed E-state index contributed by atoms with van der Waals surface area (Å²) in [7, 11) is 0. The number of hydrogen-bond donors (Lipinski definition) is 1. The first kappa shape index (κ1) is 11.4. The third kappa shape index (κ3) is 1.85. The van der Waals surface area contributed by atoms with Crippen molar-refractivity contribution in [3.8, 4) is 11.1 Å². The van der Waals surface area contributed by atoms with Gasteiger partial charge in [-0.1, -0.05) is 29.8 Å². The number of aryl methyl sites for hydroxylation is 1. The standard InChI is InChI=1S/C14H11N3O2/c1-9-3-2-4-10(7-9)11-8-16-17-12(14(18)19)5-6-15-13(11)17/h2-8H,1H3,(H,18,19). The van der Waals surface area contributed by atoms with E-state index in [0.29, 0.717) is 5.65 Å². The van der Waals surface area contributed by atoms with Gasteiger partial charge in [0.1, 0.15) is 0 Å². The molecule has 0 aliphatic rings. The average molecular weight is 253 g/mol. The molecule has 5 heteroatoms. The molecule has 0 saturated heterocycles. The number of nitrogens with zero attached hydrogens (tertiary/aromatic N) is 3. The summed E-state index contributed by atoms with van der Waals surface area (Å²) in [5.41, 5.74) is 3.58. The number of carboxylic acids is 1. The minimum Gasteiger partial charge on any atom is -0.477 e. The van der Waals surface area contributed by atoms with E-state index in [2.05, 4.69) is 10.1 Å². The lowest BCUT2D eigenvalue weighted by atomic mass is 10.1. The Balaban J connectivity index is 2.27. The van der Waals surface area contributed by atoms with E-state index in [1.54, 1.807) is 6.20 Å². The fourth-order valence-corrected chi connectivity index (χ4v) is 2.07. The second-order valence-corrected chi connectivity index (χ2v) is 4.30. The van der Waals surface area contributed by atoms with Crippen molar-refractivity contribution in [2.75, 3.05) is 0 Å². The molecule has 94 valence electrons. The molecule has 0 spiro atoms. The number of fused-ring (bicyclic) bond motifs is 1. The minimum atomic E-state index is -1.02. The SMILES string of the molecule is Cc1cccc(-c2cnn3c(C(=O)O)ccnc23)c1. The fourth-order valence-electron chi connectivity index (χ4n) is 2.07. The van der Waals surface area contributed by atoms with Crippen molar-refractivity contribution in [2.45, 2.75) is 6.92 Å². The highest BCUT2D eigenvalue weighted by Gasteiger charge is 2.14. The van der Waals surface area contributed by atoms with Gasteiger partial charge in [-0.3, -0.25) is 0 Å². The van der Waals surface area contributed by atoms with Gasteiger partial charge in [0.05, 0.1) is 6.20 Å². The largest absolute Gasteiger partial charge is 0.477 e. The molecule has 5 nitrogen and oxygen atoms in total. The highest BCUT2D eigenvalue weighted by Crippen LogP contribution is 2.24. The van der Waals surface area contributed by atoms with Crippen molar-refractivity contribution in [1.82, 2.24) is 14.6 Å². The predicted octanol–water partition coefficient (Wildman–Crippen LogP) is 2.40. The van der Waals surface area contributed by atoms with Crippen LogP contribution in [-0.4, -0.2) is 25.7 Å². The van der Waals surface area contributed by atoms with Crippen molar-refractivity contribution >= 4 is 11.6 Å². The molecule has 0 bridgehead atoms. The van der Waals surface area contributed by atoms with Crippen LogP contribution in [0.4, 0.5) is 0 Å². The van der Waals surface area contributed by atoms with Crippen molar-refractivity contribution < 1.29 is 9.90 Å². The molecule has 1 aromatic carbocycles. The number of aromatic carboxylic acids is 1. The third-order valence-electron chi connectivity index (χ3n) is 2.95. The maximum atomic E-state index is 11.1. The second-order valence-electron chi connectivity index (χ2n) is 4.30. The molecule has 19 heavy (non-hydrogen) atoms. The van der Waals surface area contributed by atoms with Gasteiger partial charge in [-0.05, 0) is 18.6 Å². The molecule has 2 heterocycles. The molecule has 0 saturated carbocycles. The zero-order valence-corrected chi connectivity index (χ0v) is 10.2. The van der Waals surface area contributed by atoms with Crippen LogP contribution in [0.3, 0.4) is 0 Å². The summed E-state index contributed by atoms with van der Waals surface area (Å²) < 4.78 is 1.35. The van der Waals surface area contributed by atoms with Crippen LogP contribution in [-0.2, 0) is 0 Å². The maximum Gasteiger partial charge on any atom is 0.354 e. The fraction of sp³-hybridized carbons (Fsp3) is 0.0714. The summed E-state index contributed by atoms with van der Waals surface area (Å²) in [6.07, 6.45) is 3.13. The molecular formula is C14H11N3O2. The molecule has 0 aliphatic heterocycles. The average Bonchev–Trinajstić information content (AvgIpc) is 2.82. The molecule has 0 radical (unpaired) electrons. The first-order valence-corrected chi connectivity index (χ1v) is 5.80. The van der Waals surface area contributed by atoms with Crippen LogP contribution in [0.25, 0.3) is 16.8 Å². The van der Waals surface area contributed by atoms with Crippen LogP contribution < -0.4 is 0 Å². The van der Waals surface area contributed by atoms with E-state index in [0.717, 1.165) is 16.7 Å². The summed E-state index contributed by atoms with van der Waals surface area (Å²) in [5.74, 6) is -1.02. The van der Waals surface area contributed by atoms with Crippen molar-refractivity contribution in [2.24, 2.45) is 0 Å². The van der Waals surface area contributed by atoms with E-state index in [1.807, 2.05) is 31.2 Å². The molecule has 2 aromatic heterocycles. The number of carboxylic acid groups (broad SMARTS) is 1. The Hall–Kier alpha value is -2.69. The summed E-state index contributed by atoms with van der Waals surface area (Å²) >= 11 is 0. The van der Waals surface area contributed by atoms with Gasteiger partial charge in [-0.25, -0.2) is 14.3 Å². The minimum absolute atomic E-state index is 0.101. The lowest BCUT2D eigenvalue weighted by molar-refractivity contribution is 0.0687. The smallest absolute Gasteiger partial charge is 0.354 e. The van der Waals surface area contributed by atoms with Crippen molar-refractivity contribution in [3.05, 3.63) is 54.0 Å². The number of hydrogen-bond acceptors (Lipinski definition) is 3. The van der Waals surface area contributed by atoms with Gasteiger partial charge >= 0.3 is 5.97 Å². The van der Waals surface area contributed by atoms with Gasteiger partial charge in [-0.2, -0.15) is 5.10 Å². The lowest BCUT2D eigenvalue weighted by Gasteiger charge is -2.01. The zero-order valence-electron chi connectivity index (χ0n) is 10.2. The molecule has 0 atom stereocenters. The van der Waals surface area contributed by atoms with E-state index in [1.165, 1.54) is 16.8 Å². The molecule has 0 unspecified atom stereocenters. The van der Waals surface area contributed by atoms with E-state index in [-0.39, 0.29) is 5.69 Å². The predicted molar refractivity (Wildman–Crippen MR) is 70.1 cm³/mol. The lowest BCUT2D eigenvalue weighted by Crippen LogP contribution is -2.06. The number of benzene rings is 1. The van der Waals surface area contributed by atoms with Gasteiger partial charge in [0.15, 0.2) is 11.3 Å². The second kappa shape index (κ2) is 4.20. The van der Waals surface area contributed by atoms with Crippen molar-refractivity contribution in [3.63, 3.8) is 0 Å². The van der Waals surface area contributed by atoms with E-state index in [4.69, 9.17) is 5.11 Å². The molecule has 0 fully saturated rings. The summed E-state index contributed by atoms with van der Waals surface area (Å²) in [4.78, 5) is 15.4. The first-order valence-electron chi connectivity index (χ1n) is 5.80. The summed E-state index contributed by atoms with van der Waals surface area (Å²) in [6.45, 7) is 2.01. The topological polar surface area (TPSA) is 67.5 Å². The Morgan fingerprint density at radius 1 is 1.32 bits per heavy atom. The van der Waals surface area contributed by atoms with Gasteiger partial charge < -0.3 is 5.11 Å². The molecule has 0 aliphatic carbocycles. The third-order valence-corrected chi connectivity index (χ3v) is 2.95. The van der Waals surface area contributed by atoms with Crippen LogP contribution in [0, 0.1) is 6.92 Å². The molecule has 1 N–H and O–H groups in total. The molecular weight excluding hydrogens is 242 g/mol. The molecule has 3 rings (SSSR count). The maximum absolute atomic E-state index is 11.1. The Morgan fingerprint density at radius 2 is 2.16 bits per heavy atom. The van der Waals surface area contributed by atoms with Crippen LogP contribution in [0.1, 0.15) is 16.1 Å². The van der Waals surface area contributed by atoms with Crippen LogP contribution >= 0.6 is 0 Å². The van der Waals surface area contributed by atoms with Gasteiger partial charge in [0.25, 0.3) is 0 Å². The Labute approximate surface area is 109 Å². The number of carbonyl (C=O) groups is 1. The zero-order chi connectivity index (χ0) is 13.4. The highest BCUT2D eigenvalue weighted by atomic mass is 16.4. The van der Waals surface area contributed by atoms with Crippen LogP contribution in [0.15, 0.2) is 42.7 Å². The van der Waals surface area contributed by atoms with Gasteiger partial charge in [0, 0.05) is 11.8 Å². The first-order chi connectivity index (χ1) is 9.16. The van der Waals surface area contributed by atoms with Crippen molar-refractivity contribution in [1.29, 1.82) is 0 Å². The van der Waals surface area contributed by atoms with Gasteiger partial charge in [0.2, 0.25) is 0 Å². The molecule has 0 amide bonds.